The Hall–Kier alpha value is -0.120. The average molecular weight is 186 g/mol. The van der Waals surface area contributed by atoms with Gasteiger partial charge in [-0.25, -0.2) is 0 Å². The van der Waals surface area contributed by atoms with Crippen molar-refractivity contribution in [3.05, 3.63) is 0 Å². The van der Waals surface area contributed by atoms with Crippen molar-refractivity contribution in [3.8, 4) is 0 Å². The molecule has 3 heteroatoms. The molecule has 1 heterocycles. The van der Waals surface area contributed by atoms with Crippen molar-refractivity contribution in [2.24, 2.45) is 5.73 Å². The van der Waals surface area contributed by atoms with Crippen molar-refractivity contribution >= 4 is 0 Å². The van der Waals surface area contributed by atoms with Crippen molar-refractivity contribution in [1.82, 2.24) is 5.32 Å². The zero-order valence-electron chi connectivity index (χ0n) is 8.50. The van der Waals surface area contributed by atoms with Gasteiger partial charge in [-0.2, -0.15) is 0 Å². The molecule has 0 unspecified atom stereocenters. The molecule has 1 aliphatic heterocycles. The molecule has 0 aromatic rings. The van der Waals surface area contributed by atoms with Gasteiger partial charge < -0.3 is 16.2 Å². The molecule has 1 fully saturated rings. The number of hydrogen-bond acceptors (Lipinski definition) is 3. The lowest BCUT2D eigenvalue weighted by molar-refractivity contribution is 0.250. The van der Waals surface area contributed by atoms with Gasteiger partial charge in [0.15, 0.2) is 0 Å². The summed E-state index contributed by atoms with van der Waals surface area (Å²) in [6.07, 6.45) is 5.86. The summed E-state index contributed by atoms with van der Waals surface area (Å²) in [4.78, 5) is 0. The Morgan fingerprint density at radius 3 is 2.69 bits per heavy atom. The van der Waals surface area contributed by atoms with Gasteiger partial charge in [0.25, 0.3) is 0 Å². The molecule has 0 radical (unpaired) electrons. The molecular formula is C10H22N2O. The normalized spacial score (nSPS) is 30.7. The van der Waals surface area contributed by atoms with Gasteiger partial charge in [0.05, 0.1) is 6.61 Å². The molecule has 0 aromatic carbocycles. The molecule has 0 bridgehead atoms. The highest BCUT2D eigenvalue weighted by Crippen LogP contribution is 2.16. The van der Waals surface area contributed by atoms with Crippen LogP contribution in [0.3, 0.4) is 0 Å². The number of hydrogen-bond donors (Lipinski definition) is 3. The van der Waals surface area contributed by atoms with Gasteiger partial charge in [-0.1, -0.05) is 6.42 Å². The van der Waals surface area contributed by atoms with E-state index in [-0.39, 0.29) is 6.61 Å². The van der Waals surface area contributed by atoms with E-state index in [1.54, 1.807) is 0 Å². The molecule has 3 atom stereocenters. The predicted molar refractivity (Wildman–Crippen MR) is 54.5 cm³/mol. The summed E-state index contributed by atoms with van der Waals surface area (Å²) in [5, 5.41) is 12.3. The van der Waals surface area contributed by atoms with Crippen molar-refractivity contribution in [2.75, 3.05) is 6.61 Å². The minimum absolute atomic E-state index is 0.282. The van der Waals surface area contributed by atoms with Crippen molar-refractivity contribution in [3.63, 3.8) is 0 Å². The van der Waals surface area contributed by atoms with Crippen LogP contribution in [0.4, 0.5) is 0 Å². The molecule has 1 saturated heterocycles. The summed E-state index contributed by atoms with van der Waals surface area (Å²) in [7, 11) is 0. The van der Waals surface area contributed by atoms with Crippen LogP contribution < -0.4 is 11.1 Å². The summed E-state index contributed by atoms with van der Waals surface area (Å²) in [5.41, 5.74) is 5.67. The van der Waals surface area contributed by atoms with Gasteiger partial charge in [-0.05, 0) is 32.6 Å². The first kappa shape index (κ1) is 11.0. The van der Waals surface area contributed by atoms with Crippen LogP contribution in [0, 0.1) is 0 Å². The molecule has 3 nitrogen and oxygen atoms in total. The highest BCUT2D eigenvalue weighted by atomic mass is 16.3. The predicted octanol–water partition coefficient (Wildman–Crippen LogP) is 0.617. The maximum absolute atomic E-state index is 8.91. The second kappa shape index (κ2) is 5.58. The molecule has 0 spiro atoms. The van der Waals surface area contributed by atoms with E-state index in [9.17, 15) is 0 Å². The maximum Gasteiger partial charge on any atom is 0.0584 e. The van der Waals surface area contributed by atoms with Crippen LogP contribution in [0.15, 0.2) is 0 Å². The highest BCUT2D eigenvalue weighted by molar-refractivity contribution is 4.82. The Kier molecular flexibility index (Phi) is 4.70. The van der Waals surface area contributed by atoms with E-state index in [2.05, 4.69) is 12.2 Å². The van der Waals surface area contributed by atoms with Crippen LogP contribution in [-0.4, -0.2) is 29.8 Å². The van der Waals surface area contributed by atoms with Crippen LogP contribution in [0.25, 0.3) is 0 Å². The first-order valence-corrected chi connectivity index (χ1v) is 5.35. The number of rotatable bonds is 5. The maximum atomic E-state index is 8.91. The topological polar surface area (TPSA) is 58.3 Å². The van der Waals surface area contributed by atoms with Crippen molar-refractivity contribution < 1.29 is 5.11 Å². The Labute approximate surface area is 80.7 Å². The minimum atomic E-state index is 0.282. The molecule has 1 aliphatic rings. The summed E-state index contributed by atoms with van der Waals surface area (Å²) in [5.74, 6) is 0. The molecule has 13 heavy (non-hydrogen) atoms. The average Bonchev–Trinajstić information content (AvgIpc) is 2.52. The SMILES string of the molecule is C[C@@H](N)CCC[C@H]1CC[C@@H](CO)N1. The van der Waals surface area contributed by atoms with Crippen LogP contribution in [0.1, 0.15) is 39.0 Å². The van der Waals surface area contributed by atoms with Gasteiger partial charge in [-0.15, -0.1) is 0 Å². The van der Waals surface area contributed by atoms with Crippen LogP contribution in [0.2, 0.25) is 0 Å². The van der Waals surface area contributed by atoms with E-state index in [0.717, 1.165) is 12.8 Å². The third-order valence-corrected chi connectivity index (χ3v) is 2.77. The van der Waals surface area contributed by atoms with Gasteiger partial charge >= 0.3 is 0 Å². The summed E-state index contributed by atoms with van der Waals surface area (Å²) >= 11 is 0. The molecule has 78 valence electrons. The van der Waals surface area contributed by atoms with Crippen molar-refractivity contribution in [2.45, 2.75) is 57.2 Å². The second-order valence-corrected chi connectivity index (χ2v) is 4.23. The number of nitrogens with one attached hydrogen (secondary N) is 1. The van der Waals surface area contributed by atoms with E-state index in [1.807, 2.05) is 0 Å². The molecule has 4 N–H and O–H groups in total. The minimum Gasteiger partial charge on any atom is -0.395 e. The lowest BCUT2D eigenvalue weighted by Gasteiger charge is -2.13. The Balaban J connectivity index is 2.03. The Morgan fingerprint density at radius 1 is 1.46 bits per heavy atom. The number of aliphatic hydroxyl groups excluding tert-OH is 1. The summed E-state index contributed by atoms with van der Waals surface area (Å²) in [6, 6.07) is 1.30. The van der Waals surface area contributed by atoms with E-state index in [1.165, 1.54) is 19.3 Å². The number of aliphatic hydroxyl groups is 1. The molecule has 0 aromatic heterocycles. The first-order chi connectivity index (χ1) is 6.22. The first-order valence-electron chi connectivity index (χ1n) is 5.35. The van der Waals surface area contributed by atoms with E-state index in [4.69, 9.17) is 10.8 Å². The lowest BCUT2D eigenvalue weighted by Crippen LogP contribution is -2.31. The standard InChI is InChI=1S/C10H22N2O/c1-8(11)3-2-4-9-5-6-10(7-13)12-9/h8-10,12-13H,2-7,11H2,1H3/t8-,9+,10+/m1/s1. The third kappa shape index (κ3) is 4.07. The van der Waals surface area contributed by atoms with Crippen LogP contribution in [-0.2, 0) is 0 Å². The Bertz CT molecular complexity index is 139. The van der Waals surface area contributed by atoms with Crippen LogP contribution >= 0.6 is 0 Å². The van der Waals surface area contributed by atoms with Gasteiger partial charge in [-0.3, -0.25) is 0 Å². The fourth-order valence-corrected chi connectivity index (χ4v) is 1.96. The largest absolute Gasteiger partial charge is 0.395 e. The fraction of sp³-hybridized carbons (Fsp3) is 1.00. The summed E-state index contributed by atoms with van der Waals surface area (Å²) in [6.45, 7) is 2.34. The second-order valence-electron chi connectivity index (χ2n) is 4.23. The zero-order valence-corrected chi connectivity index (χ0v) is 8.50. The quantitative estimate of drug-likeness (QED) is 0.590. The van der Waals surface area contributed by atoms with Crippen LogP contribution in [0.5, 0.6) is 0 Å². The zero-order chi connectivity index (χ0) is 9.68. The van der Waals surface area contributed by atoms with Gasteiger partial charge in [0.2, 0.25) is 0 Å². The monoisotopic (exact) mass is 186 g/mol. The van der Waals surface area contributed by atoms with Gasteiger partial charge in [0.1, 0.15) is 0 Å². The molecular weight excluding hydrogens is 164 g/mol. The number of nitrogens with two attached hydrogens (primary N) is 1. The molecule has 0 amide bonds. The fourth-order valence-electron chi connectivity index (χ4n) is 1.96. The summed E-state index contributed by atoms with van der Waals surface area (Å²) < 4.78 is 0. The van der Waals surface area contributed by atoms with E-state index in [0.29, 0.717) is 18.1 Å². The van der Waals surface area contributed by atoms with E-state index >= 15 is 0 Å². The third-order valence-electron chi connectivity index (χ3n) is 2.77. The lowest BCUT2D eigenvalue weighted by atomic mass is 10.1. The molecule has 0 aliphatic carbocycles. The van der Waals surface area contributed by atoms with Crippen molar-refractivity contribution in [1.29, 1.82) is 0 Å². The molecule has 0 saturated carbocycles. The smallest absolute Gasteiger partial charge is 0.0584 e. The highest BCUT2D eigenvalue weighted by Gasteiger charge is 2.21. The molecule has 1 rings (SSSR count). The Morgan fingerprint density at radius 2 is 2.15 bits per heavy atom. The van der Waals surface area contributed by atoms with Gasteiger partial charge in [0, 0.05) is 18.1 Å². The van der Waals surface area contributed by atoms with E-state index < -0.39 is 0 Å².